The molecule has 21 heavy (non-hydrogen) atoms. The van der Waals surface area contributed by atoms with Crippen LogP contribution in [0.4, 0.5) is 10.1 Å². The van der Waals surface area contributed by atoms with Gasteiger partial charge in [-0.3, -0.25) is 0 Å². The average Bonchev–Trinajstić information content (AvgIpc) is 2.37. The van der Waals surface area contributed by atoms with Crippen LogP contribution < -0.4 is 5.32 Å². The Balaban J connectivity index is 2.35. The summed E-state index contributed by atoms with van der Waals surface area (Å²) in [4.78, 5) is 0. The molecule has 1 unspecified atom stereocenters. The Labute approximate surface area is 142 Å². The molecule has 0 aromatic heterocycles. The van der Waals surface area contributed by atoms with Crippen LogP contribution >= 0.6 is 39.1 Å². The van der Waals surface area contributed by atoms with Crippen LogP contribution in [0, 0.1) is 19.7 Å². The molecule has 2 aromatic rings. The highest BCUT2D eigenvalue weighted by Crippen LogP contribution is 2.34. The fourth-order valence-electron chi connectivity index (χ4n) is 2.26. The van der Waals surface area contributed by atoms with Gasteiger partial charge >= 0.3 is 0 Å². The van der Waals surface area contributed by atoms with Crippen molar-refractivity contribution < 1.29 is 4.39 Å². The van der Waals surface area contributed by atoms with E-state index in [1.165, 1.54) is 17.7 Å². The molecule has 2 aromatic carbocycles. The molecule has 1 N–H and O–H groups in total. The number of anilines is 1. The van der Waals surface area contributed by atoms with Gasteiger partial charge in [-0.25, -0.2) is 4.39 Å². The van der Waals surface area contributed by atoms with Crippen LogP contribution in [0.25, 0.3) is 0 Å². The molecule has 0 aliphatic rings. The summed E-state index contributed by atoms with van der Waals surface area (Å²) in [5, 5.41) is 3.85. The highest BCUT2D eigenvalue weighted by Gasteiger charge is 2.15. The van der Waals surface area contributed by atoms with Crippen LogP contribution in [-0.2, 0) is 0 Å². The zero-order valence-corrected chi connectivity index (χ0v) is 15.0. The first-order chi connectivity index (χ1) is 9.79. The molecule has 5 heteroatoms. The minimum absolute atomic E-state index is 0.0312. The summed E-state index contributed by atoms with van der Waals surface area (Å²) in [5.41, 5.74) is 3.93. The predicted octanol–water partition coefficient (Wildman–Crippen LogP) is 6.68. The highest BCUT2D eigenvalue weighted by atomic mass is 79.9. The molecule has 2 rings (SSSR count). The lowest BCUT2D eigenvalue weighted by molar-refractivity contribution is 0.624. The largest absolute Gasteiger partial charge is 0.377 e. The van der Waals surface area contributed by atoms with Crippen LogP contribution in [0.15, 0.2) is 28.7 Å². The maximum atomic E-state index is 13.6. The van der Waals surface area contributed by atoms with Gasteiger partial charge in [0.25, 0.3) is 0 Å². The highest BCUT2D eigenvalue weighted by molar-refractivity contribution is 9.10. The number of rotatable bonds is 3. The van der Waals surface area contributed by atoms with Gasteiger partial charge in [0.1, 0.15) is 5.82 Å². The van der Waals surface area contributed by atoms with Gasteiger partial charge in [-0.05, 0) is 71.6 Å². The van der Waals surface area contributed by atoms with E-state index >= 15 is 0 Å². The number of hydrogen-bond acceptors (Lipinski definition) is 1. The average molecular weight is 391 g/mol. The lowest BCUT2D eigenvalue weighted by Crippen LogP contribution is -2.09. The third-order valence-electron chi connectivity index (χ3n) is 3.30. The van der Waals surface area contributed by atoms with Gasteiger partial charge in [0.2, 0.25) is 0 Å². The number of aryl methyl sites for hydroxylation is 2. The molecule has 0 aliphatic heterocycles. The van der Waals surface area contributed by atoms with Crippen molar-refractivity contribution in [2.75, 3.05) is 5.32 Å². The minimum Gasteiger partial charge on any atom is -0.377 e. The number of nitrogens with one attached hydrogen (secondary N) is 1. The summed E-state index contributed by atoms with van der Waals surface area (Å²) in [7, 11) is 0. The zero-order valence-electron chi connectivity index (χ0n) is 11.9. The molecule has 1 nitrogen and oxygen atoms in total. The van der Waals surface area contributed by atoms with Crippen molar-refractivity contribution in [3.8, 4) is 0 Å². The van der Waals surface area contributed by atoms with Gasteiger partial charge in [0, 0.05) is 9.50 Å². The second kappa shape index (κ2) is 6.55. The molecular weight excluding hydrogens is 376 g/mol. The van der Waals surface area contributed by atoms with Crippen molar-refractivity contribution in [1.82, 2.24) is 0 Å². The van der Waals surface area contributed by atoms with Crippen molar-refractivity contribution in [2.45, 2.75) is 26.8 Å². The number of benzene rings is 2. The molecule has 0 fully saturated rings. The normalized spacial score (nSPS) is 12.3. The fourth-order valence-corrected chi connectivity index (χ4v) is 3.60. The van der Waals surface area contributed by atoms with Crippen LogP contribution in [0.5, 0.6) is 0 Å². The maximum absolute atomic E-state index is 13.6. The molecule has 0 saturated heterocycles. The van der Waals surface area contributed by atoms with Gasteiger partial charge < -0.3 is 5.32 Å². The van der Waals surface area contributed by atoms with E-state index in [4.69, 9.17) is 23.2 Å². The van der Waals surface area contributed by atoms with Gasteiger partial charge in [-0.2, -0.15) is 0 Å². The van der Waals surface area contributed by atoms with Crippen LogP contribution in [-0.4, -0.2) is 0 Å². The Kier molecular flexibility index (Phi) is 5.18. The Bertz CT molecular complexity index is 665. The monoisotopic (exact) mass is 389 g/mol. The number of hydrogen-bond donors (Lipinski definition) is 1. The Morgan fingerprint density at radius 2 is 1.76 bits per heavy atom. The van der Waals surface area contributed by atoms with E-state index in [9.17, 15) is 4.39 Å². The first-order valence-corrected chi connectivity index (χ1v) is 8.02. The smallest absolute Gasteiger partial charge is 0.142 e. The van der Waals surface area contributed by atoms with Gasteiger partial charge in [-0.1, -0.05) is 29.3 Å². The van der Waals surface area contributed by atoms with E-state index in [0.29, 0.717) is 10.6 Å². The maximum Gasteiger partial charge on any atom is 0.142 e. The minimum atomic E-state index is -0.468. The summed E-state index contributed by atoms with van der Waals surface area (Å²) in [6.45, 7) is 5.99. The van der Waals surface area contributed by atoms with Crippen molar-refractivity contribution in [3.63, 3.8) is 0 Å². The molecule has 0 bridgehead atoms. The zero-order chi connectivity index (χ0) is 15.7. The van der Waals surface area contributed by atoms with Gasteiger partial charge in [0.05, 0.1) is 16.8 Å². The second-order valence-corrected chi connectivity index (χ2v) is 6.76. The Hall–Kier alpha value is -0.770. The van der Waals surface area contributed by atoms with Gasteiger partial charge in [-0.15, -0.1) is 0 Å². The summed E-state index contributed by atoms with van der Waals surface area (Å²) >= 11 is 15.4. The van der Waals surface area contributed by atoms with Crippen molar-refractivity contribution >= 4 is 44.8 Å². The lowest BCUT2D eigenvalue weighted by Gasteiger charge is -2.20. The molecule has 112 valence electrons. The summed E-state index contributed by atoms with van der Waals surface area (Å²) in [6, 6.07) is 6.78. The molecule has 0 heterocycles. The molecule has 0 spiro atoms. The van der Waals surface area contributed by atoms with Crippen LogP contribution in [0.1, 0.15) is 29.7 Å². The fraction of sp³-hybridized carbons (Fsp3) is 0.250. The quantitative estimate of drug-likeness (QED) is 0.576. The van der Waals surface area contributed by atoms with Crippen LogP contribution in [0.3, 0.4) is 0 Å². The molecular formula is C16H15BrCl2FN. The lowest BCUT2D eigenvalue weighted by atomic mass is 10.1. The topological polar surface area (TPSA) is 12.0 Å². The predicted molar refractivity (Wildman–Crippen MR) is 92.1 cm³/mol. The van der Waals surface area contributed by atoms with E-state index in [1.54, 1.807) is 0 Å². The van der Waals surface area contributed by atoms with E-state index in [0.717, 1.165) is 15.7 Å². The van der Waals surface area contributed by atoms with E-state index < -0.39 is 5.82 Å². The van der Waals surface area contributed by atoms with E-state index in [2.05, 4.69) is 27.3 Å². The SMILES string of the molecule is Cc1cc(C)c(NC(C)c2cc(F)c(Cl)cc2Cl)c(Br)c1. The molecule has 0 saturated carbocycles. The summed E-state index contributed by atoms with van der Waals surface area (Å²) < 4.78 is 14.6. The van der Waals surface area contributed by atoms with Crippen molar-refractivity contribution in [1.29, 1.82) is 0 Å². The Morgan fingerprint density at radius 1 is 1.10 bits per heavy atom. The van der Waals surface area contributed by atoms with Crippen LogP contribution in [0.2, 0.25) is 10.0 Å². The van der Waals surface area contributed by atoms with Gasteiger partial charge in [0.15, 0.2) is 0 Å². The summed E-state index contributed by atoms with van der Waals surface area (Å²) in [6.07, 6.45) is 0. The molecule has 0 radical (unpaired) electrons. The second-order valence-electron chi connectivity index (χ2n) is 5.09. The standard InChI is InChI=1S/C16H15BrCl2FN/c1-8-4-9(2)16(12(17)5-8)21-10(3)11-6-15(20)14(19)7-13(11)18/h4-7,10,21H,1-3H3. The van der Waals surface area contributed by atoms with Crippen molar-refractivity contribution in [3.05, 3.63) is 61.3 Å². The van der Waals surface area contributed by atoms with Crippen molar-refractivity contribution in [2.24, 2.45) is 0 Å². The molecule has 0 aliphatic carbocycles. The first kappa shape index (κ1) is 16.6. The summed E-state index contributed by atoms with van der Waals surface area (Å²) in [5.74, 6) is -0.468. The molecule has 1 atom stereocenters. The van der Waals surface area contributed by atoms with E-state index in [-0.39, 0.29) is 11.1 Å². The third kappa shape index (κ3) is 3.71. The number of halogens is 4. The molecule has 0 amide bonds. The Morgan fingerprint density at radius 3 is 2.38 bits per heavy atom. The van der Waals surface area contributed by atoms with E-state index in [1.807, 2.05) is 26.8 Å². The third-order valence-corrected chi connectivity index (χ3v) is 4.54. The first-order valence-electron chi connectivity index (χ1n) is 6.47.